The second-order valence-electron chi connectivity index (χ2n) is 6.44. The molecular formula is C17H23NO3. The first kappa shape index (κ1) is 14.4. The van der Waals surface area contributed by atoms with Gasteiger partial charge in [-0.3, -0.25) is 4.79 Å². The number of hydrogen-bond acceptors (Lipinski definition) is 3. The van der Waals surface area contributed by atoms with Gasteiger partial charge in [-0.05, 0) is 55.7 Å². The molecule has 114 valence electrons. The minimum Gasteiger partial charge on any atom is -0.508 e. The van der Waals surface area contributed by atoms with Crippen molar-refractivity contribution >= 4 is 5.91 Å². The zero-order valence-electron chi connectivity index (χ0n) is 12.2. The van der Waals surface area contributed by atoms with E-state index in [2.05, 4.69) is 0 Å². The number of amides is 1. The van der Waals surface area contributed by atoms with E-state index in [4.69, 9.17) is 0 Å². The fourth-order valence-electron chi connectivity index (χ4n) is 3.18. The molecule has 0 aromatic heterocycles. The summed E-state index contributed by atoms with van der Waals surface area (Å²) in [6, 6.07) is 7.07. The van der Waals surface area contributed by atoms with Crippen LogP contribution in [0.5, 0.6) is 5.75 Å². The van der Waals surface area contributed by atoms with Crippen LogP contribution >= 0.6 is 0 Å². The lowest BCUT2D eigenvalue weighted by Gasteiger charge is -2.27. The van der Waals surface area contributed by atoms with Gasteiger partial charge in [-0.1, -0.05) is 12.1 Å². The summed E-state index contributed by atoms with van der Waals surface area (Å²) >= 11 is 0. The van der Waals surface area contributed by atoms with Crippen LogP contribution in [0.1, 0.15) is 37.7 Å². The zero-order valence-corrected chi connectivity index (χ0v) is 12.2. The molecule has 4 heteroatoms. The third-order valence-corrected chi connectivity index (χ3v) is 4.57. The van der Waals surface area contributed by atoms with Crippen molar-refractivity contribution in [2.24, 2.45) is 11.8 Å². The van der Waals surface area contributed by atoms with Crippen LogP contribution in [-0.4, -0.2) is 33.7 Å². The van der Waals surface area contributed by atoms with Crippen LogP contribution in [0, 0.1) is 11.8 Å². The van der Waals surface area contributed by atoms with Crippen molar-refractivity contribution in [1.82, 2.24) is 4.90 Å². The number of carbonyl (C=O) groups excluding carboxylic acids is 1. The van der Waals surface area contributed by atoms with E-state index in [-0.39, 0.29) is 17.6 Å². The maximum Gasteiger partial charge on any atom is 0.228 e. The molecule has 3 rings (SSSR count). The zero-order chi connectivity index (χ0) is 14.8. The number of rotatable bonds is 5. The monoisotopic (exact) mass is 289 g/mol. The smallest absolute Gasteiger partial charge is 0.228 e. The number of nitrogens with zero attached hydrogens (tertiary/aromatic N) is 1. The van der Waals surface area contributed by atoms with Crippen LogP contribution in [0.15, 0.2) is 24.3 Å². The number of hydrogen-bond donors (Lipinski definition) is 2. The van der Waals surface area contributed by atoms with E-state index < -0.39 is 6.10 Å². The maximum absolute atomic E-state index is 12.7. The summed E-state index contributed by atoms with van der Waals surface area (Å²) < 4.78 is 0. The van der Waals surface area contributed by atoms with E-state index in [1.807, 2.05) is 11.0 Å². The lowest BCUT2D eigenvalue weighted by Crippen LogP contribution is -2.39. The van der Waals surface area contributed by atoms with Crippen LogP contribution in [0.4, 0.5) is 0 Å². The molecule has 0 spiro atoms. The Morgan fingerprint density at radius 2 is 2.05 bits per heavy atom. The predicted octanol–water partition coefficient (Wildman–Crippen LogP) is 2.29. The number of phenolic OH excluding ortho intramolecular Hbond substituents is 1. The van der Waals surface area contributed by atoms with Crippen molar-refractivity contribution in [2.75, 3.05) is 6.54 Å². The van der Waals surface area contributed by atoms with Crippen LogP contribution in [0.3, 0.4) is 0 Å². The van der Waals surface area contributed by atoms with Crippen molar-refractivity contribution in [1.29, 1.82) is 0 Å². The highest BCUT2D eigenvalue weighted by Crippen LogP contribution is 2.33. The van der Waals surface area contributed by atoms with Crippen LogP contribution in [0.2, 0.25) is 0 Å². The van der Waals surface area contributed by atoms with Gasteiger partial charge in [-0.15, -0.1) is 0 Å². The molecular weight excluding hydrogens is 266 g/mol. The second-order valence-corrected chi connectivity index (χ2v) is 6.44. The Balaban J connectivity index is 1.72. The minimum atomic E-state index is -0.483. The highest BCUT2D eigenvalue weighted by Gasteiger charge is 2.36. The third-order valence-electron chi connectivity index (χ3n) is 4.57. The highest BCUT2D eigenvalue weighted by atomic mass is 16.3. The Morgan fingerprint density at radius 3 is 2.67 bits per heavy atom. The Bertz CT molecular complexity index is 513. The number of aliphatic hydroxyl groups excluding tert-OH is 1. The van der Waals surface area contributed by atoms with Crippen LogP contribution in [0.25, 0.3) is 0 Å². The minimum absolute atomic E-state index is 0.0789. The summed E-state index contributed by atoms with van der Waals surface area (Å²) in [7, 11) is 0. The molecule has 0 radical (unpaired) electrons. The van der Waals surface area contributed by atoms with Gasteiger partial charge in [-0.2, -0.15) is 0 Å². The summed E-state index contributed by atoms with van der Waals surface area (Å²) in [4.78, 5) is 14.6. The van der Waals surface area contributed by atoms with Gasteiger partial charge in [0.2, 0.25) is 5.91 Å². The molecule has 0 aliphatic heterocycles. The number of phenols is 1. The molecule has 2 atom stereocenters. The molecule has 21 heavy (non-hydrogen) atoms. The van der Waals surface area contributed by atoms with Crippen molar-refractivity contribution in [3.8, 4) is 5.75 Å². The van der Waals surface area contributed by atoms with Crippen molar-refractivity contribution < 1.29 is 15.0 Å². The first-order valence-corrected chi connectivity index (χ1v) is 7.88. The molecule has 0 heterocycles. The second kappa shape index (κ2) is 6.06. The number of aliphatic hydroxyl groups is 1. The number of aromatic hydroxyl groups is 1. The van der Waals surface area contributed by atoms with Gasteiger partial charge in [0.1, 0.15) is 5.75 Å². The fraction of sp³-hybridized carbons (Fsp3) is 0.588. The first-order chi connectivity index (χ1) is 10.1. The van der Waals surface area contributed by atoms with E-state index in [1.54, 1.807) is 18.2 Å². The molecule has 1 aromatic carbocycles. The normalized spacial score (nSPS) is 25.0. The van der Waals surface area contributed by atoms with Gasteiger partial charge < -0.3 is 15.1 Å². The van der Waals surface area contributed by atoms with E-state index in [0.717, 1.165) is 31.4 Å². The van der Waals surface area contributed by atoms with Crippen LogP contribution in [-0.2, 0) is 11.3 Å². The molecule has 4 nitrogen and oxygen atoms in total. The molecule has 2 N–H and O–H groups in total. The summed E-state index contributed by atoms with van der Waals surface area (Å²) in [5, 5.41) is 19.5. The van der Waals surface area contributed by atoms with Gasteiger partial charge in [0, 0.05) is 13.1 Å². The Morgan fingerprint density at radius 1 is 1.24 bits per heavy atom. The lowest BCUT2D eigenvalue weighted by molar-refractivity contribution is -0.139. The quantitative estimate of drug-likeness (QED) is 0.874. The average molecular weight is 289 g/mol. The van der Waals surface area contributed by atoms with E-state index in [0.29, 0.717) is 12.5 Å². The molecule has 2 aliphatic rings. The van der Waals surface area contributed by atoms with Gasteiger partial charge in [0.15, 0.2) is 0 Å². The van der Waals surface area contributed by atoms with Gasteiger partial charge >= 0.3 is 0 Å². The molecule has 2 fully saturated rings. The Labute approximate surface area is 125 Å². The molecule has 2 aliphatic carbocycles. The Hall–Kier alpha value is -1.55. The van der Waals surface area contributed by atoms with Crippen molar-refractivity contribution in [3.05, 3.63) is 29.8 Å². The average Bonchev–Trinajstić information content (AvgIpc) is 3.17. The van der Waals surface area contributed by atoms with E-state index >= 15 is 0 Å². The molecule has 0 bridgehead atoms. The van der Waals surface area contributed by atoms with Crippen LogP contribution < -0.4 is 0 Å². The molecule has 1 amide bonds. The molecule has 2 unspecified atom stereocenters. The SMILES string of the molecule is O=C(C1CCCC1O)N(Cc1cccc(O)c1)CC1CC1. The van der Waals surface area contributed by atoms with Gasteiger partial charge in [0.05, 0.1) is 12.0 Å². The predicted molar refractivity (Wildman–Crippen MR) is 79.6 cm³/mol. The van der Waals surface area contributed by atoms with Crippen molar-refractivity contribution in [3.63, 3.8) is 0 Å². The Kier molecular flexibility index (Phi) is 4.15. The van der Waals surface area contributed by atoms with Gasteiger partial charge in [0.25, 0.3) is 0 Å². The van der Waals surface area contributed by atoms with Crippen molar-refractivity contribution in [2.45, 2.75) is 44.8 Å². The van der Waals surface area contributed by atoms with E-state index in [1.165, 1.54) is 12.8 Å². The number of benzene rings is 1. The molecule has 1 aromatic rings. The van der Waals surface area contributed by atoms with Gasteiger partial charge in [-0.25, -0.2) is 0 Å². The lowest BCUT2D eigenvalue weighted by atomic mass is 10.0. The fourth-order valence-corrected chi connectivity index (χ4v) is 3.18. The number of carbonyl (C=O) groups is 1. The standard InChI is InChI=1S/C17H23NO3/c19-14-4-1-3-13(9-14)11-18(10-12-7-8-12)17(21)15-5-2-6-16(15)20/h1,3-4,9,12,15-16,19-20H,2,5-8,10-11H2. The summed E-state index contributed by atoms with van der Waals surface area (Å²) in [5.74, 6) is 0.688. The maximum atomic E-state index is 12.7. The topological polar surface area (TPSA) is 60.8 Å². The summed E-state index contributed by atoms with van der Waals surface area (Å²) in [6.07, 6.45) is 4.36. The largest absolute Gasteiger partial charge is 0.508 e. The molecule has 2 saturated carbocycles. The molecule has 0 saturated heterocycles. The van der Waals surface area contributed by atoms with E-state index in [9.17, 15) is 15.0 Å². The third kappa shape index (κ3) is 3.56. The summed E-state index contributed by atoms with van der Waals surface area (Å²) in [6.45, 7) is 1.30. The highest BCUT2D eigenvalue weighted by molar-refractivity contribution is 5.79. The first-order valence-electron chi connectivity index (χ1n) is 7.88. The summed E-state index contributed by atoms with van der Waals surface area (Å²) in [5.41, 5.74) is 0.941.